The molecule has 0 radical (unpaired) electrons. The Balaban J connectivity index is 1.60. The molecule has 0 unspecified atom stereocenters. The van der Waals surface area contributed by atoms with Crippen LogP contribution >= 0.6 is 11.6 Å². The fourth-order valence-corrected chi connectivity index (χ4v) is 3.72. The molecule has 3 aromatic rings. The van der Waals surface area contributed by atoms with Crippen molar-refractivity contribution in [1.29, 1.82) is 0 Å². The average molecular weight is 447 g/mol. The molecular weight excluding hydrogens is 424 g/mol. The third-order valence-corrected chi connectivity index (χ3v) is 5.60. The summed E-state index contributed by atoms with van der Waals surface area (Å²) in [6.45, 7) is 3.80. The van der Waals surface area contributed by atoms with E-state index in [4.69, 9.17) is 16.6 Å². The number of carbonyl (C=O) groups is 2. The molecule has 0 atom stereocenters. The first kappa shape index (κ1) is 21.7. The maximum Gasteiger partial charge on any atom is 0.244 e. The molecule has 0 fully saturated rings. The first-order valence-electron chi connectivity index (χ1n) is 10.4. The van der Waals surface area contributed by atoms with Crippen molar-refractivity contribution in [2.24, 2.45) is 4.99 Å². The van der Waals surface area contributed by atoms with Crippen LogP contribution in [0.5, 0.6) is 0 Å². The number of anilines is 2. The number of fused-ring (bicyclic) bond motifs is 1. The van der Waals surface area contributed by atoms with E-state index in [1.807, 2.05) is 37.3 Å². The Morgan fingerprint density at radius 3 is 2.69 bits per heavy atom. The van der Waals surface area contributed by atoms with E-state index in [2.05, 4.69) is 17.2 Å². The summed E-state index contributed by atoms with van der Waals surface area (Å²) < 4.78 is 0. The second-order valence-electron chi connectivity index (χ2n) is 7.62. The molecule has 0 saturated carbocycles. The predicted octanol–water partition coefficient (Wildman–Crippen LogP) is 5.10. The number of pyridine rings is 1. The molecule has 1 aliphatic heterocycles. The van der Waals surface area contributed by atoms with E-state index in [1.54, 1.807) is 30.5 Å². The number of carbonyl (C=O) groups excluding carboxylic acids is 2. The van der Waals surface area contributed by atoms with Gasteiger partial charge in [0.05, 0.1) is 12.1 Å². The molecule has 7 heteroatoms. The number of hydrogen-bond acceptors (Lipinski definition) is 4. The van der Waals surface area contributed by atoms with Crippen molar-refractivity contribution in [2.45, 2.75) is 26.7 Å². The van der Waals surface area contributed by atoms with Gasteiger partial charge in [0.15, 0.2) is 5.82 Å². The fraction of sp³-hybridized carbons (Fsp3) is 0.200. The van der Waals surface area contributed by atoms with Crippen LogP contribution in [0.15, 0.2) is 65.8 Å². The summed E-state index contributed by atoms with van der Waals surface area (Å²) in [4.78, 5) is 36.5. The van der Waals surface area contributed by atoms with Crippen molar-refractivity contribution < 1.29 is 9.59 Å². The van der Waals surface area contributed by atoms with Crippen molar-refractivity contribution in [1.82, 2.24) is 4.98 Å². The van der Waals surface area contributed by atoms with Gasteiger partial charge in [-0.25, -0.2) is 9.98 Å². The number of nitrogens with one attached hydrogen (secondary N) is 1. The van der Waals surface area contributed by atoms with E-state index in [1.165, 1.54) is 10.5 Å². The number of hydrogen-bond donors (Lipinski definition) is 1. The lowest BCUT2D eigenvalue weighted by atomic mass is 10.0. The lowest BCUT2D eigenvalue weighted by Crippen LogP contribution is -2.39. The summed E-state index contributed by atoms with van der Waals surface area (Å²) in [7, 11) is 0. The second-order valence-corrected chi connectivity index (χ2v) is 8.06. The van der Waals surface area contributed by atoms with E-state index in [0.717, 1.165) is 17.5 Å². The monoisotopic (exact) mass is 446 g/mol. The zero-order valence-corrected chi connectivity index (χ0v) is 18.7. The molecule has 0 bridgehead atoms. The highest BCUT2D eigenvalue weighted by Gasteiger charge is 2.27. The van der Waals surface area contributed by atoms with Crippen LogP contribution < -0.4 is 10.2 Å². The van der Waals surface area contributed by atoms with Gasteiger partial charge in [-0.15, -0.1) is 0 Å². The molecule has 0 saturated heterocycles. The summed E-state index contributed by atoms with van der Waals surface area (Å²) >= 11 is 6.06. The van der Waals surface area contributed by atoms with Gasteiger partial charge in [0.1, 0.15) is 12.2 Å². The molecular formula is C25H23ClN4O2. The summed E-state index contributed by atoms with van der Waals surface area (Å²) in [5.74, 6) is -0.203. The second kappa shape index (κ2) is 9.32. The van der Waals surface area contributed by atoms with Crippen LogP contribution in [-0.4, -0.2) is 29.1 Å². The van der Waals surface area contributed by atoms with Crippen molar-refractivity contribution in [3.8, 4) is 0 Å². The van der Waals surface area contributed by atoms with E-state index in [-0.39, 0.29) is 24.8 Å². The standard InChI is InChI=1S/C25H23ClN4O2/c1-3-17-7-9-18(10-8-17)22-14-24(32)30(25-20(28-22)5-4-12-27-25)15-23(31)29-21-13-19(26)11-6-16(21)2/h4-13H,3,14-15H2,1-2H3,(H,29,31). The molecule has 0 spiro atoms. The van der Waals surface area contributed by atoms with Gasteiger partial charge >= 0.3 is 0 Å². The summed E-state index contributed by atoms with van der Waals surface area (Å²) in [6.07, 6.45) is 2.60. The van der Waals surface area contributed by atoms with Gasteiger partial charge in [0.2, 0.25) is 11.8 Å². The molecule has 6 nitrogen and oxygen atoms in total. The molecule has 2 amide bonds. The number of aliphatic imine (C=N–C) groups is 1. The number of rotatable bonds is 5. The van der Waals surface area contributed by atoms with Crippen LogP contribution in [0.1, 0.15) is 30.0 Å². The third-order valence-electron chi connectivity index (χ3n) is 5.37. The van der Waals surface area contributed by atoms with Crippen molar-refractivity contribution in [3.05, 3.63) is 82.5 Å². The minimum atomic E-state index is -0.337. The highest BCUT2D eigenvalue weighted by Crippen LogP contribution is 2.31. The zero-order chi connectivity index (χ0) is 22.7. The van der Waals surface area contributed by atoms with Crippen LogP contribution in [-0.2, 0) is 16.0 Å². The van der Waals surface area contributed by atoms with Gasteiger partial charge in [-0.05, 0) is 54.3 Å². The van der Waals surface area contributed by atoms with Crippen LogP contribution in [0.4, 0.5) is 17.2 Å². The Morgan fingerprint density at radius 2 is 1.94 bits per heavy atom. The highest BCUT2D eigenvalue weighted by atomic mass is 35.5. The van der Waals surface area contributed by atoms with Gasteiger partial charge < -0.3 is 5.32 Å². The Morgan fingerprint density at radius 1 is 1.16 bits per heavy atom. The predicted molar refractivity (Wildman–Crippen MR) is 128 cm³/mol. The highest BCUT2D eigenvalue weighted by molar-refractivity contribution is 6.31. The molecule has 1 aliphatic rings. The molecule has 1 N–H and O–H groups in total. The topological polar surface area (TPSA) is 74.7 Å². The number of benzene rings is 2. The van der Waals surface area contributed by atoms with Crippen LogP contribution in [0, 0.1) is 6.92 Å². The van der Waals surface area contributed by atoms with Crippen LogP contribution in [0.25, 0.3) is 0 Å². The zero-order valence-electron chi connectivity index (χ0n) is 17.9. The SMILES string of the molecule is CCc1ccc(C2=Nc3cccnc3N(CC(=O)Nc3cc(Cl)ccc3C)C(=O)C2)cc1. The molecule has 2 aromatic carbocycles. The fourth-order valence-electron chi connectivity index (χ4n) is 3.55. The van der Waals surface area contributed by atoms with Gasteiger partial charge in [-0.1, -0.05) is 48.9 Å². The smallest absolute Gasteiger partial charge is 0.244 e. The maximum absolute atomic E-state index is 13.2. The number of halogens is 1. The van der Waals surface area contributed by atoms with Crippen LogP contribution in [0.2, 0.25) is 5.02 Å². The Labute approximate surface area is 192 Å². The first-order valence-corrected chi connectivity index (χ1v) is 10.8. The lowest BCUT2D eigenvalue weighted by molar-refractivity contribution is -0.120. The summed E-state index contributed by atoms with van der Waals surface area (Å²) in [5, 5.41) is 3.37. The van der Waals surface area contributed by atoms with Crippen molar-refractivity contribution in [3.63, 3.8) is 0 Å². The van der Waals surface area contributed by atoms with Gasteiger partial charge in [-0.2, -0.15) is 0 Å². The van der Waals surface area contributed by atoms with E-state index in [0.29, 0.717) is 27.9 Å². The molecule has 32 heavy (non-hydrogen) atoms. The van der Waals surface area contributed by atoms with E-state index in [9.17, 15) is 9.59 Å². The Kier molecular flexibility index (Phi) is 6.32. The minimum Gasteiger partial charge on any atom is -0.324 e. The minimum absolute atomic E-state index is 0.0747. The Bertz CT molecular complexity index is 1200. The molecule has 2 heterocycles. The van der Waals surface area contributed by atoms with Gasteiger partial charge in [0.25, 0.3) is 0 Å². The number of amides is 2. The van der Waals surface area contributed by atoms with E-state index < -0.39 is 0 Å². The summed E-state index contributed by atoms with van der Waals surface area (Å²) in [6, 6.07) is 16.9. The van der Waals surface area contributed by atoms with Crippen LogP contribution in [0.3, 0.4) is 0 Å². The number of nitrogens with zero attached hydrogens (tertiary/aromatic N) is 3. The van der Waals surface area contributed by atoms with E-state index >= 15 is 0 Å². The maximum atomic E-state index is 13.2. The molecule has 0 aliphatic carbocycles. The summed E-state index contributed by atoms with van der Waals surface area (Å²) in [5.41, 5.74) is 4.79. The van der Waals surface area contributed by atoms with Crippen molar-refractivity contribution >= 4 is 46.3 Å². The van der Waals surface area contributed by atoms with Gasteiger partial charge in [-0.3, -0.25) is 14.5 Å². The number of aromatic nitrogens is 1. The molecule has 4 rings (SSSR count). The molecule has 1 aromatic heterocycles. The Hall–Kier alpha value is -3.51. The van der Waals surface area contributed by atoms with Crippen molar-refractivity contribution in [2.75, 3.05) is 16.8 Å². The largest absolute Gasteiger partial charge is 0.324 e. The normalized spacial score (nSPS) is 13.3. The quantitative estimate of drug-likeness (QED) is 0.592. The molecule has 162 valence electrons. The third kappa shape index (κ3) is 4.70. The first-order chi connectivity index (χ1) is 15.4. The lowest BCUT2D eigenvalue weighted by Gasteiger charge is -2.21. The number of aryl methyl sites for hydroxylation is 2. The van der Waals surface area contributed by atoms with Gasteiger partial charge in [0, 0.05) is 16.9 Å². The average Bonchev–Trinajstić information content (AvgIpc) is 2.93.